The summed E-state index contributed by atoms with van der Waals surface area (Å²) >= 11 is 0. The summed E-state index contributed by atoms with van der Waals surface area (Å²) in [5.74, 6) is -0.916. The van der Waals surface area contributed by atoms with E-state index in [0.29, 0.717) is 19.3 Å². The first kappa shape index (κ1) is 12.4. The third-order valence-electron chi connectivity index (χ3n) is 3.38. The Morgan fingerprint density at radius 2 is 1.54 bits per heavy atom. The lowest BCUT2D eigenvalue weighted by molar-refractivity contribution is -0.169. The molecule has 0 amide bonds. The van der Waals surface area contributed by atoms with Gasteiger partial charge < -0.3 is 10.2 Å². The number of carbonyl (C=O) groups is 1. The second-order valence-electron chi connectivity index (χ2n) is 3.73. The van der Waals surface area contributed by atoms with Crippen molar-refractivity contribution >= 4 is 5.97 Å². The number of rotatable bonds is 5. The summed E-state index contributed by atoms with van der Waals surface area (Å²) in [6.45, 7) is 7.05. The van der Waals surface area contributed by atoms with Crippen LogP contribution in [-0.2, 0) is 4.79 Å². The Morgan fingerprint density at radius 1 is 1.15 bits per heavy atom. The molecule has 0 aliphatic heterocycles. The maximum Gasteiger partial charge on any atom is 0.312 e. The largest absolute Gasteiger partial charge is 0.481 e. The average molecular weight is 188 g/mol. The van der Waals surface area contributed by atoms with Gasteiger partial charge in [0.25, 0.3) is 0 Å². The monoisotopic (exact) mass is 188 g/mol. The summed E-state index contributed by atoms with van der Waals surface area (Å²) in [5, 5.41) is 19.2. The zero-order valence-corrected chi connectivity index (χ0v) is 8.92. The summed E-state index contributed by atoms with van der Waals surface area (Å²) < 4.78 is 0. The van der Waals surface area contributed by atoms with Gasteiger partial charge in [0, 0.05) is 0 Å². The van der Waals surface area contributed by atoms with Crippen LogP contribution in [0.2, 0.25) is 0 Å². The fourth-order valence-electron chi connectivity index (χ4n) is 1.71. The summed E-state index contributed by atoms with van der Waals surface area (Å²) in [6.07, 6.45) is 1.39. The van der Waals surface area contributed by atoms with E-state index in [4.69, 9.17) is 5.11 Å². The molecule has 0 fully saturated rings. The van der Waals surface area contributed by atoms with Crippen molar-refractivity contribution in [2.24, 2.45) is 5.41 Å². The van der Waals surface area contributed by atoms with Crippen LogP contribution in [0.5, 0.6) is 0 Å². The molecule has 0 aliphatic carbocycles. The molecule has 78 valence electrons. The Morgan fingerprint density at radius 3 is 1.62 bits per heavy atom. The van der Waals surface area contributed by atoms with Gasteiger partial charge in [0.15, 0.2) is 0 Å². The van der Waals surface area contributed by atoms with Crippen LogP contribution < -0.4 is 0 Å². The van der Waals surface area contributed by atoms with Gasteiger partial charge in [-0.2, -0.15) is 0 Å². The van der Waals surface area contributed by atoms with E-state index in [0.717, 1.165) is 0 Å². The topological polar surface area (TPSA) is 57.5 Å². The van der Waals surface area contributed by atoms with Crippen LogP contribution in [0.1, 0.15) is 47.0 Å². The van der Waals surface area contributed by atoms with Crippen molar-refractivity contribution in [3.63, 3.8) is 0 Å². The molecule has 0 bridgehead atoms. The normalized spacial score (nSPS) is 16.7. The lowest BCUT2D eigenvalue weighted by Crippen LogP contribution is -2.50. The highest BCUT2D eigenvalue weighted by molar-refractivity contribution is 5.75. The quantitative estimate of drug-likeness (QED) is 0.694. The van der Waals surface area contributed by atoms with E-state index in [1.165, 1.54) is 0 Å². The summed E-state index contributed by atoms with van der Waals surface area (Å²) in [7, 11) is 0. The van der Waals surface area contributed by atoms with Crippen molar-refractivity contribution in [3.8, 4) is 0 Å². The number of carboxylic acids is 1. The Bertz CT molecular complexity index is 185. The number of aliphatic carboxylic acids is 1. The molecule has 13 heavy (non-hydrogen) atoms. The van der Waals surface area contributed by atoms with Gasteiger partial charge in [-0.3, -0.25) is 4.79 Å². The standard InChI is InChI=1S/C10H20O3/c1-5-9(4,8(11)12)10(13,6-2)7-3/h13H,5-7H2,1-4H3,(H,11,12). The smallest absolute Gasteiger partial charge is 0.312 e. The van der Waals surface area contributed by atoms with Gasteiger partial charge in [0.2, 0.25) is 0 Å². The van der Waals surface area contributed by atoms with Crippen molar-refractivity contribution in [1.29, 1.82) is 0 Å². The van der Waals surface area contributed by atoms with E-state index in [-0.39, 0.29) is 0 Å². The van der Waals surface area contributed by atoms with Crippen LogP contribution in [0.25, 0.3) is 0 Å². The highest BCUT2D eigenvalue weighted by atomic mass is 16.4. The second-order valence-corrected chi connectivity index (χ2v) is 3.73. The van der Waals surface area contributed by atoms with Gasteiger partial charge in [-0.15, -0.1) is 0 Å². The lowest BCUT2D eigenvalue weighted by Gasteiger charge is -2.40. The molecule has 1 unspecified atom stereocenters. The molecule has 0 spiro atoms. The first-order valence-electron chi connectivity index (χ1n) is 4.83. The Kier molecular flexibility index (Phi) is 3.91. The van der Waals surface area contributed by atoms with Crippen LogP contribution in [0.4, 0.5) is 0 Å². The highest BCUT2D eigenvalue weighted by Gasteiger charge is 2.48. The lowest BCUT2D eigenvalue weighted by atomic mass is 9.68. The van der Waals surface area contributed by atoms with Gasteiger partial charge in [-0.1, -0.05) is 20.8 Å². The summed E-state index contributed by atoms with van der Waals surface area (Å²) in [6, 6.07) is 0. The van der Waals surface area contributed by atoms with E-state index in [1.807, 2.05) is 13.8 Å². The predicted octanol–water partition coefficient (Wildman–Crippen LogP) is 2.04. The zero-order valence-electron chi connectivity index (χ0n) is 8.92. The molecule has 0 heterocycles. The number of hydrogen-bond donors (Lipinski definition) is 2. The minimum absolute atomic E-state index is 0.445. The van der Waals surface area contributed by atoms with Gasteiger partial charge in [0.1, 0.15) is 0 Å². The van der Waals surface area contributed by atoms with Crippen LogP contribution >= 0.6 is 0 Å². The first-order chi connectivity index (χ1) is 5.88. The number of carboxylic acid groups (broad SMARTS) is 1. The molecule has 0 rings (SSSR count). The zero-order chi connectivity index (χ0) is 10.7. The van der Waals surface area contributed by atoms with E-state index >= 15 is 0 Å². The highest BCUT2D eigenvalue weighted by Crippen LogP contribution is 2.39. The molecule has 0 aromatic rings. The van der Waals surface area contributed by atoms with Gasteiger partial charge in [-0.05, 0) is 26.2 Å². The Hall–Kier alpha value is -0.570. The summed E-state index contributed by atoms with van der Waals surface area (Å²) in [4.78, 5) is 11.1. The van der Waals surface area contributed by atoms with E-state index in [9.17, 15) is 9.90 Å². The van der Waals surface area contributed by atoms with Crippen LogP contribution in [0.3, 0.4) is 0 Å². The predicted molar refractivity (Wildman–Crippen MR) is 51.6 cm³/mol. The first-order valence-corrected chi connectivity index (χ1v) is 4.83. The number of aliphatic hydroxyl groups is 1. The van der Waals surface area contributed by atoms with Gasteiger partial charge >= 0.3 is 5.97 Å². The average Bonchev–Trinajstić information content (AvgIpc) is 2.14. The van der Waals surface area contributed by atoms with Crippen LogP contribution in [0.15, 0.2) is 0 Å². The molecule has 3 nitrogen and oxygen atoms in total. The summed E-state index contributed by atoms with van der Waals surface area (Å²) in [5.41, 5.74) is -2.12. The molecule has 0 aromatic carbocycles. The van der Waals surface area contributed by atoms with Gasteiger partial charge in [0.05, 0.1) is 11.0 Å². The fourth-order valence-corrected chi connectivity index (χ4v) is 1.71. The van der Waals surface area contributed by atoms with E-state index < -0.39 is 17.0 Å². The third-order valence-corrected chi connectivity index (χ3v) is 3.38. The molecule has 2 N–H and O–H groups in total. The minimum Gasteiger partial charge on any atom is -0.481 e. The maximum atomic E-state index is 11.1. The molecule has 0 saturated heterocycles. The second kappa shape index (κ2) is 4.09. The van der Waals surface area contributed by atoms with Crippen molar-refractivity contribution in [3.05, 3.63) is 0 Å². The molecular formula is C10H20O3. The van der Waals surface area contributed by atoms with E-state index in [1.54, 1.807) is 13.8 Å². The Labute approximate surface area is 79.8 Å². The van der Waals surface area contributed by atoms with Gasteiger partial charge in [-0.25, -0.2) is 0 Å². The molecule has 0 radical (unpaired) electrons. The van der Waals surface area contributed by atoms with Crippen molar-refractivity contribution in [1.82, 2.24) is 0 Å². The van der Waals surface area contributed by atoms with Crippen LogP contribution in [-0.4, -0.2) is 21.8 Å². The minimum atomic E-state index is -1.09. The van der Waals surface area contributed by atoms with Crippen molar-refractivity contribution < 1.29 is 15.0 Å². The van der Waals surface area contributed by atoms with Crippen LogP contribution in [0, 0.1) is 5.41 Å². The molecule has 0 aliphatic rings. The SMILES string of the molecule is CCC(O)(CC)C(C)(CC)C(=O)O. The van der Waals surface area contributed by atoms with E-state index in [2.05, 4.69) is 0 Å². The fraction of sp³-hybridized carbons (Fsp3) is 0.900. The van der Waals surface area contributed by atoms with Crippen molar-refractivity contribution in [2.75, 3.05) is 0 Å². The third kappa shape index (κ3) is 1.85. The maximum absolute atomic E-state index is 11.1. The Balaban J connectivity index is 5.03. The number of hydrogen-bond acceptors (Lipinski definition) is 2. The molecule has 0 saturated carbocycles. The van der Waals surface area contributed by atoms with Crippen molar-refractivity contribution in [2.45, 2.75) is 52.6 Å². The molecular weight excluding hydrogens is 168 g/mol. The molecule has 3 heteroatoms. The molecule has 0 aromatic heterocycles. The molecule has 1 atom stereocenters.